The summed E-state index contributed by atoms with van der Waals surface area (Å²) < 4.78 is 42.8. The Morgan fingerprint density at radius 3 is 2.24 bits per heavy atom. The van der Waals surface area contributed by atoms with E-state index in [0.29, 0.717) is 23.2 Å². The van der Waals surface area contributed by atoms with Gasteiger partial charge < -0.3 is 10.2 Å². The molecule has 224 valence electrons. The summed E-state index contributed by atoms with van der Waals surface area (Å²) in [4.78, 5) is 29.3. The second kappa shape index (κ2) is 14.0. The van der Waals surface area contributed by atoms with Gasteiger partial charge in [0.1, 0.15) is 18.4 Å². The largest absolute Gasteiger partial charge is 0.352 e. The van der Waals surface area contributed by atoms with E-state index in [0.717, 1.165) is 42.0 Å². The number of halogens is 1. The summed E-state index contributed by atoms with van der Waals surface area (Å²) in [5, 5.41) is 3.13. The van der Waals surface area contributed by atoms with Gasteiger partial charge in [-0.05, 0) is 74.6 Å². The van der Waals surface area contributed by atoms with Gasteiger partial charge in [-0.15, -0.1) is 0 Å². The number of hydrogen-bond acceptors (Lipinski definition) is 4. The number of carbonyl (C=O) groups is 2. The van der Waals surface area contributed by atoms with Gasteiger partial charge in [-0.25, -0.2) is 12.8 Å². The Morgan fingerprint density at radius 1 is 0.952 bits per heavy atom. The van der Waals surface area contributed by atoms with Crippen molar-refractivity contribution in [1.82, 2.24) is 10.2 Å². The van der Waals surface area contributed by atoms with Crippen molar-refractivity contribution in [2.45, 2.75) is 82.8 Å². The summed E-state index contributed by atoms with van der Waals surface area (Å²) in [5.74, 6) is -1.19. The first-order chi connectivity index (χ1) is 20.1. The fourth-order valence-electron chi connectivity index (χ4n) is 5.57. The fourth-order valence-corrected chi connectivity index (χ4v) is 7.07. The Balaban J connectivity index is 1.72. The van der Waals surface area contributed by atoms with Crippen LogP contribution in [0.25, 0.3) is 0 Å². The van der Waals surface area contributed by atoms with E-state index in [9.17, 15) is 22.4 Å². The minimum atomic E-state index is -4.14. The first kappa shape index (κ1) is 31.2. The second-order valence-electron chi connectivity index (χ2n) is 11.0. The third-order valence-corrected chi connectivity index (χ3v) is 9.61. The summed E-state index contributed by atoms with van der Waals surface area (Å²) in [6, 6.07) is 18.4. The molecule has 1 atom stereocenters. The molecule has 0 radical (unpaired) electrons. The molecule has 2 amide bonds. The third-order valence-electron chi connectivity index (χ3n) is 7.83. The first-order valence-electron chi connectivity index (χ1n) is 14.6. The van der Waals surface area contributed by atoms with E-state index in [1.54, 1.807) is 36.4 Å². The molecule has 1 aliphatic rings. The lowest BCUT2D eigenvalue weighted by molar-refractivity contribution is -0.140. The minimum Gasteiger partial charge on any atom is -0.352 e. The first-order valence-corrected chi connectivity index (χ1v) is 16.0. The van der Waals surface area contributed by atoms with Crippen LogP contribution in [-0.2, 0) is 26.2 Å². The van der Waals surface area contributed by atoms with E-state index in [4.69, 9.17) is 0 Å². The summed E-state index contributed by atoms with van der Waals surface area (Å²) in [6.07, 6.45) is 5.35. The van der Waals surface area contributed by atoms with Crippen molar-refractivity contribution in [3.8, 4) is 0 Å². The van der Waals surface area contributed by atoms with Crippen LogP contribution >= 0.6 is 0 Å². The molecule has 0 aliphatic heterocycles. The second-order valence-corrected chi connectivity index (χ2v) is 12.9. The highest BCUT2D eigenvalue weighted by Crippen LogP contribution is 2.28. The Bertz CT molecular complexity index is 1470. The van der Waals surface area contributed by atoms with Crippen molar-refractivity contribution in [2.24, 2.45) is 0 Å². The molecule has 0 unspecified atom stereocenters. The number of aryl methyl sites for hydroxylation is 2. The average molecular weight is 594 g/mol. The van der Waals surface area contributed by atoms with Crippen LogP contribution in [0.1, 0.15) is 62.1 Å². The van der Waals surface area contributed by atoms with Gasteiger partial charge in [0.05, 0.1) is 10.6 Å². The number of amides is 2. The fraction of sp³-hybridized carbons (Fsp3) is 0.394. The Morgan fingerprint density at radius 2 is 1.62 bits per heavy atom. The van der Waals surface area contributed by atoms with Crippen LogP contribution in [0.5, 0.6) is 0 Å². The molecule has 3 aromatic rings. The van der Waals surface area contributed by atoms with Crippen molar-refractivity contribution in [3.63, 3.8) is 0 Å². The molecule has 0 heterocycles. The van der Waals surface area contributed by atoms with Crippen LogP contribution in [0.4, 0.5) is 10.1 Å². The van der Waals surface area contributed by atoms with Gasteiger partial charge in [-0.2, -0.15) is 0 Å². The minimum absolute atomic E-state index is 0.0296. The number of benzene rings is 3. The molecule has 1 aliphatic carbocycles. The Labute approximate surface area is 248 Å². The Kier molecular flexibility index (Phi) is 10.4. The molecular formula is C33H40FN3O4S. The molecule has 0 aromatic heterocycles. The van der Waals surface area contributed by atoms with Gasteiger partial charge in [0.15, 0.2) is 0 Å². The third kappa shape index (κ3) is 7.56. The molecule has 1 saturated carbocycles. The van der Waals surface area contributed by atoms with Gasteiger partial charge in [0, 0.05) is 12.6 Å². The maximum atomic E-state index is 14.2. The highest BCUT2D eigenvalue weighted by atomic mass is 32.2. The van der Waals surface area contributed by atoms with Crippen molar-refractivity contribution in [1.29, 1.82) is 0 Å². The highest BCUT2D eigenvalue weighted by Gasteiger charge is 2.34. The average Bonchev–Trinajstić information content (AvgIpc) is 2.98. The van der Waals surface area contributed by atoms with E-state index < -0.39 is 34.3 Å². The van der Waals surface area contributed by atoms with Crippen molar-refractivity contribution >= 4 is 27.5 Å². The quantitative estimate of drug-likeness (QED) is 0.300. The number of hydrogen-bond donors (Lipinski definition) is 1. The molecule has 9 heteroatoms. The highest BCUT2D eigenvalue weighted by molar-refractivity contribution is 7.92. The molecule has 0 saturated heterocycles. The number of rotatable bonds is 11. The van der Waals surface area contributed by atoms with Gasteiger partial charge in [-0.1, -0.05) is 74.2 Å². The zero-order valence-electron chi connectivity index (χ0n) is 24.6. The molecule has 4 rings (SSSR count). The lowest BCUT2D eigenvalue weighted by Gasteiger charge is -2.34. The van der Waals surface area contributed by atoms with E-state index in [1.165, 1.54) is 29.2 Å². The van der Waals surface area contributed by atoms with Gasteiger partial charge in [-0.3, -0.25) is 13.9 Å². The maximum absolute atomic E-state index is 14.2. The standard InChI is InChI=1S/C33H40FN3O4S/c1-4-30(33(39)35-28-11-7-5-8-12-28)36(22-26-16-18-27(34)19-17-26)32(38)23-37(31-20-15-24(2)21-25(31)3)42(40,41)29-13-9-6-10-14-29/h6,9-10,13-21,28,30H,4-5,7-8,11-12,22-23H2,1-3H3,(H,35,39)/t30-/m0/s1. The zero-order valence-corrected chi connectivity index (χ0v) is 25.4. The predicted molar refractivity (Wildman–Crippen MR) is 163 cm³/mol. The van der Waals surface area contributed by atoms with E-state index in [1.807, 2.05) is 32.9 Å². The normalized spacial score (nSPS) is 14.7. The molecule has 0 bridgehead atoms. The van der Waals surface area contributed by atoms with E-state index in [2.05, 4.69) is 5.32 Å². The number of sulfonamides is 1. The number of nitrogens with zero attached hydrogens (tertiary/aromatic N) is 2. The van der Waals surface area contributed by atoms with Gasteiger partial charge >= 0.3 is 0 Å². The number of carbonyl (C=O) groups excluding carboxylic acids is 2. The lowest BCUT2D eigenvalue weighted by Crippen LogP contribution is -2.54. The van der Waals surface area contributed by atoms with Crippen LogP contribution in [-0.4, -0.2) is 43.8 Å². The van der Waals surface area contributed by atoms with E-state index >= 15 is 0 Å². The summed E-state index contributed by atoms with van der Waals surface area (Å²) in [5.41, 5.74) is 2.69. The molecular weight excluding hydrogens is 553 g/mol. The molecule has 1 N–H and O–H groups in total. The molecule has 3 aromatic carbocycles. The number of anilines is 1. The summed E-state index contributed by atoms with van der Waals surface area (Å²) in [6.45, 7) is 5.08. The van der Waals surface area contributed by atoms with Crippen LogP contribution in [0, 0.1) is 19.7 Å². The molecule has 42 heavy (non-hydrogen) atoms. The maximum Gasteiger partial charge on any atom is 0.264 e. The van der Waals surface area contributed by atoms with Crippen LogP contribution < -0.4 is 9.62 Å². The smallest absolute Gasteiger partial charge is 0.264 e. The topological polar surface area (TPSA) is 86.8 Å². The van der Waals surface area contributed by atoms with Crippen molar-refractivity contribution in [3.05, 3.63) is 95.3 Å². The van der Waals surface area contributed by atoms with E-state index in [-0.39, 0.29) is 23.4 Å². The SMILES string of the molecule is CC[C@@H](C(=O)NC1CCCCC1)N(Cc1ccc(F)cc1)C(=O)CN(c1ccc(C)cc1C)S(=O)(=O)c1ccccc1. The molecule has 0 spiro atoms. The number of nitrogens with one attached hydrogen (secondary N) is 1. The summed E-state index contributed by atoms with van der Waals surface area (Å²) in [7, 11) is -4.14. The lowest BCUT2D eigenvalue weighted by atomic mass is 9.95. The van der Waals surface area contributed by atoms with Crippen LogP contribution in [0.15, 0.2) is 77.7 Å². The predicted octanol–water partition coefficient (Wildman–Crippen LogP) is 5.89. The summed E-state index contributed by atoms with van der Waals surface area (Å²) >= 11 is 0. The van der Waals surface area contributed by atoms with Gasteiger partial charge in [0.2, 0.25) is 11.8 Å². The zero-order chi connectivity index (χ0) is 30.3. The van der Waals surface area contributed by atoms with Crippen molar-refractivity contribution < 1.29 is 22.4 Å². The van der Waals surface area contributed by atoms with Crippen LogP contribution in [0.2, 0.25) is 0 Å². The molecule has 1 fully saturated rings. The monoisotopic (exact) mass is 593 g/mol. The Hall–Kier alpha value is -3.72. The van der Waals surface area contributed by atoms with Crippen molar-refractivity contribution in [2.75, 3.05) is 10.8 Å². The van der Waals surface area contributed by atoms with Gasteiger partial charge in [0.25, 0.3) is 10.0 Å². The van der Waals surface area contributed by atoms with Crippen LogP contribution in [0.3, 0.4) is 0 Å². The molecule has 7 nitrogen and oxygen atoms in total.